The van der Waals surface area contributed by atoms with Crippen molar-refractivity contribution in [2.75, 3.05) is 18.4 Å². The highest BCUT2D eigenvalue weighted by Gasteiger charge is 2.03. The summed E-state index contributed by atoms with van der Waals surface area (Å²) < 4.78 is 0. The van der Waals surface area contributed by atoms with E-state index in [0.29, 0.717) is 0 Å². The van der Waals surface area contributed by atoms with Gasteiger partial charge < -0.3 is 0 Å². The van der Waals surface area contributed by atoms with Crippen LogP contribution in [0.25, 0.3) is 0 Å². The Labute approximate surface area is 102 Å². The molecular formula is C13H20BrN. The number of unbranched alkanes of at least 4 members (excludes halogenated alkanes) is 1. The Bertz CT molecular complexity index is 248. The second-order valence-electron chi connectivity index (χ2n) is 3.80. The minimum Gasteiger partial charge on any atom is -0.298 e. The van der Waals surface area contributed by atoms with Crippen LogP contribution in [0, 0.1) is 0 Å². The quantitative estimate of drug-likeness (QED) is 0.683. The van der Waals surface area contributed by atoms with E-state index in [2.05, 4.69) is 58.1 Å². The van der Waals surface area contributed by atoms with Crippen molar-refractivity contribution in [1.29, 1.82) is 0 Å². The van der Waals surface area contributed by atoms with Crippen LogP contribution in [0.1, 0.15) is 25.3 Å². The summed E-state index contributed by atoms with van der Waals surface area (Å²) in [4.78, 5) is 2.51. The van der Waals surface area contributed by atoms with E-state index < -0.39 is 0 Å². The molecule has 0 saturated heterocycles. The second-order valence-corrected chi connectivity index (χ2v) is 4.60. The predicted molar refractivity (Wildman–Crippen MR) is 70.4 cm³/mol. The number of nitrogens with zero attached hydrogens (tertiary/aromatic N) is 1. The monoisotopic (exact) mass is 269 g/mol. The van der Waals surface area contributed by atoms with E-state index in [1.165, 1.54) is 24.9 Å². The van der Waals surface area contributed by atoms with E-state index in [4.69, 9.17) is 0 Å². The first-order chi connectivity index (χ1) is 7.36. The van der Waals surface area contributed by atoms with Crippen molar-refractivity contribution in [2.45, 2.75) is 26.3 Å². The molecular weight excluding hydrogens is 250 g/mol. The average Bonchev–Trinajstić information content (AvgIpc) is 2.28. The van der Waals surface area contributed by atoms with Gasteiger partial charge in [0.15, 0.2) is 0 Å². The molecule has 0 spiro atoms. The Balaban J connectivity index is 2.43. The fraction of sp³-hybridized carbons (Fsp3) is 0.538. The smallest absolute Gasteiger partial charge is 0.0234 e. The summed E-state index contributed by atoms with van der Waals surface area (Å²) >= 11 is 3.51. The SMILES string of the molecule is CCCCN(CCBr)Cc1ccccc1. The van der Waals surface area contributed by atoms with E-state index >= 15 is 0 Å². The molecule has 0 aliphatic heterocycles. The number of alkyl halides is 1. The first-order valence-electron chi connectivity index (χ1n) is 5.69. The average molecular weight is 270 g/mol. The van der Waals surface area contributed by atoms with Crippen LogP contribution in [-0.2, 0) is 6.54 Å². The Hall–Kier alpha value is -0.340. The van der Waals surface area contributed by atoms with Gasteiger partial charge in [-0.2, -0.15) is 0 Å². The normalized spacial score (nSPS) is 10.9. The van der Waals surface area contributed by atoms with Crippen molar-refractivity contribution in [3.63, 3.8) is 0 Å². The highest BCUT2D eigenvalue weighted by molar-refractivity contribution is 9.09. The van der Waals surface area contributed by atoms with Crippen LogP contribution in [0.5, 0.6) is 0 Å². The molecule has 84 valence electrons. The van der Waals surface area contributed by atoms with Crippen LogP contribution in [0.15, 0.2) is 30.3 Å². The maximum absolute atomic E-state index is 3.51. The zero-order chi connectivity index (χ0) is 10.9. The molecule has 1 aromatic carbocycles. The van der Waals surface area contributed by atoms with Gasteiger partial charge in [0.1, 0.15) is 0 Å². The van der Waals surface area contributed by atoms with Gasteiger partial charge in [0.25, 0.3) is 0 Å². The van der Waals surface area contributed by atoms with Gasteiger partial charge in [-0.15, -0.1) is 0 Å². The first kappa shape index (κ1) is 12.7. The summed E-state index contributed by atoms with van der Waals surface area (Å²) in [5.41, 5.74) is 1.41. The molecule has 0 N–H and O–H groups in total. The van der Waals surface area contributed by atoms with Crippen molar-refractivity contribution in [1.82, 2.24) is 4.90 Å². The van der Waals surface area contributed by atoms with Crippen molar-refractivity contribution in [3.05, 3.63) is 35.9 Å². The van der Waals surface area contributed by atoms with Gasteiger partial charge >= 0.3 is 0 Å². The molecule has 2 heteroatoms. The third-order valence-corrected chi connectivity index (χ3v) is 2.83. The molecule has 15 heavy (non-hydrogen) atoms. The van der Waals surface area contributed by atoms with E-state index in [0.717, 1.165) is 18.4 Å². The van der Waals surface area contributed by atoms with Crippen LogP contribution in [0.2, 0.25) is 0 Å². The first-order valence-corrected chi connectivity index (χ1v) is 6.81. The summed E-state index contributed by atoms with van der Waals surface area (Å²) in [6.07, 6.45) is 2.56. The Kier molecular flexibility index (Phi) is 6.69. The van der Waals surface area contributed by atoms with Gasteiger partial charge in [0.05, 0.1) is 0 Å². The molecule has 0 heterocycles. The van der Waals surface area contributed by atoms with Crippen LogP contribution in [0.3, 0.4) is 0 Å². The fourth-order valence-corrected chi connectivity index (χ4v) is 2.11. The lowest BCUT2D eigenvalue weighted by atomic mass is 10.2. The number of halogens is 1. The second kappa shape index (κ2) is 7.89. The highest BCUT2D eigenvalue weighted by Crippen LogP contribution is 2.06. The minimum atomic E-state index is 1.06. The van der Waals surface area contributed by atoms with E-state index in [1.54, 1.807) is 0 Å². The molecule has 0 radical (unpaired) electrons. The van der Waals surface area contributed by atoms with Gasteiger partial charge in [0, 0.05) is 18.4 Å². The molecule has 1 rings (SSSR count). The van der Waals surface area contributed by atoms with E-state index in [9.17, 15) is 0 Å². The van der Waals surface area contributed by atoms with Gasteiger partial charge in [-0.05, 0) is 18.5 Å². The largest absolute Gasteiger partial charge is 0.298 e. The summed E-state index contributed by atoms with van der Waals surface area (Å²) in [5.74, 6) is 0. The lowest BCUT2D eigenvalue weighted by Gasteiger charge is -2.21. The molecule has 0 unspecified atom stereocenters. The third kappa shape index (κ3) is 5.33. The number of rotatable bonds is 7. The molecule has 0 aliphatic carbocycles. The molecule has 0 saturated carbocycles. The standard InChI is InChI=1S/C13H20BrN/c1-2-3-10-15(11-9-14)12-13-7-5-4-6-8-13/h4-8H,2-3,9-12H2,1H3. The summed E-state index contributed by atoms with van der Waals surface area (Å²) in [6, 6.07) is 10.7. The zero-order valence-electron chi connectivity index (χ0n) is 9.45. The summed E-state index contributed by atoms with van der Waals surface area (Å²) in [7, 11) is 0. The molecule has 0 amide bonds. The molecule has 1 aromatic rings. The van der Waals surface area contributed by atoms with Crippen molar-refractivity contribution >= 4 is 15.9 Å². The number of hydrogen-bond donors (Lipinski definition) is 0. The molecule has 0 aromatic heterocycles. The number of hydrogen-bond acceptors (Lipinski definition) is 1. The zero-order valence-corrected chi connectivity index (χ0v) is 11.0. The molecule has 0 atom stereocenters. The van der Waals surface area contributed by atoms with Crippen molar-refractivity contribution in [3.8, 4) is 0 Å². The maximum atomic E-state index is 3.51. The van der Waals surface area contributed by atoms with Crippen molar-refractivity contribution < 1.29 is 0 Å². The fourth-order valence-electron chi connectivity index (χ4n) is 1.61. The van der Waals surface area contributed by atoms with E-state index in [-0.39, 0.29) is 0 Å². The van der Waals surface area contributed by atoms with Gasteiger partial charge in [0.2, 0.25) is 0 Å². The molecule has 0 bridgehead atoms. The lowest BCUT2D eigenvalue weighted by Crippen LogP contribution is -2.26. The summed E-state index contributed by atoms with van der Waals surface area (Å²) in [5, 5.41) is 1.06. The van der Waals surface area contributed by atoms with Gasteiger partial charge in [-0.3, -0.25) is 4.90 Å². The van der Waals surface area contributed by atoms with Crippen LogP contribution >= 0.6 is 15.9 Å². The topological polar surface area (TPSA) is 3.24 Å². The number of benzene rings is 1. The van der Waals surface area contributed by atoms with Crippen LogP contribution in [0.4, 0.5) is 0 Å². The highest BCUT2D eigenvalue weighted by atomic mass is 79.9. The Morgan fingerprint density at radius 2 is 1.87 bits per heavy atom. The van der Waals surface area contributed by atoms with E-state index in [1.807, 2.05) is 0 Å². The van der Waals surface area contributed by atoms with Crippen molar-refractivity contribution in [2.24, 2.45) is 0 Å². The lowest BCUT2D eigenvalue weighted by molar-refractivity contribution is 0.278. The Morgan fingerprint density at radius 1 is 1.13 bits per heavy atom. The van der Waals surface area contributed by atoms with Crippen LogP contribution < -0.4 is 0 Å². The minimum absolute atomic E-state index is 1.06. The van der Waals surface area contributed by atoms with Crippen LogP contribution in [-0.4, -0.2) is 23.3 Å². The molecule has 1 nitrogen and oxygen atoms in total. The third-order valence-electron chi connectivity index (χ3n) is 2.48. The molecule has 0 aliphatic rings. The van der Waals surface area contributed by atoms with Gasteiger partial charge in [-0.25, -0.2) is 0 Å². The maximum Gasteiger partial charge on any atom is 0.0234 e. The summed E-state index contributed by atoms with van der Waals surface area (Å²) in [6.45, 7) is 5.66. The Morgan fingerprint density at radius 3 is 2.47 bits per heavy atom. The molecule has 0 fully saturated rings. The predicted octanol–water partition coefficient (Wildman–Crippen LogP) is 3.68. The van der Waals surface area contributed by atoms with Gasteiger partial charge in [-0.1, -0.05) is 59.6 Å².